The second-order valence-corrected chi connectivity index (χ2v) is 4.67. The third-order valence-electron chi connectivity index (χ3n) is 2.84. The van der Waals surface area contributed by atoms with Gasteiger partial charge in [0.2, 0.25) is 0 Å². The molecule has 0 amide bonds. The first-order chi connectivity index (χ1) is 9.04. The molecule has 0 unspecified atom stereocenters. The van der Waals surface area contributed by atoms with Crippen molar-refractivity contribution in [1.29, 1.82) is 0 Å². The Morgan fingerprint density at radius 3 is 2.26 bits per heavy atom. The van der Waals surface area contributed by atoms with E-state index in [2.05, 4.69) is 0 Å². The fourth-order valence-electron chi connectivity index (χ4n) is 2.01. The summed E-state index contributed by atoms with van der Waals surface area (Å²) in [4.78, 5) is 2.02. The zero-order chi connectivity index (χ0) is 13.8. The molecule has 0 saturated carbocycles. The first kappa shape index (κ1) is 13.5. The molecule has 0 saturated heterocycles. The second kappa shape index (κ2) is 5.80. The highest BCUT2D eigenvalue weighted by Gasteiger charge is 2.06. The molecule has 4 heteroatoms. The minimum atomic E-state index is -0.817. The van der Waals surface area contributed by atoms with Gasteiger partial charge in [0.1, 0.15) is 0 Å². The summed E-state index contributed by atoms with van der Waals surface area (Å²) in [7, 11) is 1.92. The number of nitrogens with two attached hydrogens (primary N) is 1. The number of benzene rings is 2. The monoisotopic (exact) mass is 262 g/mol. The minimum Gasteiger partial charge on any atom is -0.399 e. The molecular formula is C15H16F2N2. The predicted molar refractivity (Wildman–Crippen MR) is 72.4 cm³/mol. The van der Waals surface area contributed by atoms with E-state index in [1.807, 2.05) is 36.2 Å². The average Bonchev–Trinajstić information content (AvgIpc) is 2.34. The van der Waals surface area contributed by atoms with Gasteiger partial charge in [-0.2, -0.15) is 0 Å². The molecule has 0 bridgehead atoms. The Labute approximate surface area is 111 Å². The van der Waals surface area contributed by atoms with Gasteiger partial charge in [-0.1, -0.05) is 18.2 Å². The van der Waals surface area contributed by atoms with Gasteiger partial charge in [-0.3, -0.25) is 4.90 Å². The summed E-state index contributed by atoms with van der Waals surface area (Å²) >= 11 is 0. The van der Waals surface area contributed by atoms with Gasteiger partial charge < -0.3 is 5.73 Å². The van der Waals surface area contributed by atoms with Crippen LogP contribution in [-0.2, 0) is 13.1 Å². The van der Waals surface area contributed by atoms with E-state index in [-0.39, 0.29) is 0 Å². The topological polar surface area (TPSA) is 29.3 Å². The van der Waals surface area contributed by atoms with Crippen molar-refractivity contribution < 1.29 is 8.78 Å². The third-order valence-corrected chi connectivity index (χ3v) is 2.84. The maximum atomic E-state index is 13.1. The molecule has 0 aromatic heterocycles. The maximum Gasteiger partial charge on any atom is 0.159 e. The van der Waals surface area contributed by atoms with E-state index >= 15 is 0 Å². The highest BCUT2D eigenvalue weighted by Crippen LogP contribution is 2.13. The second-order valence-electron chi connectivity index (χ2n) is 4.67. The van der Waals surface area contributed by atoms with Crippen LogP contribution in [0.25, 0.3) is 0 Å². The fraction of sp³-hybridized carbons (Fsp3) is 0.200. The predicted octanol–water partition coefficient (Wildman–Crippen LogP) is 3.18. The van der Waals surface area contributed by atoms with Crippen LogP contribution in [0.4, 0.5) is 14.5 Å². The van der Waals surface area contributed by atoms with Crippen LogP contribution in [0.2, 0.25) is 0 Å². The summed E-state index contributed by atoms with van der Waals surface area (Å²) in [6.07, 6.45) is 0. The van der Waals surface area contributed by atoms with Gasteiger partial charge >= 0.3 is 0 Å². The van der Waals surface area contributed by atoms with Gasteiger partial charge in [-0.05, 0) is 42.4 Å². The van der Waals surface area contributed by atoms with Crippen molar-refractivity contribution in [3.8, 4) is 0 Å². The number of rotatable bonds is 4. The molecule has 0 aliphatic carbocycles. The zero-order valence-electron chi connectivity index (χ0n) is 10.7. The summed E-state index contributed by atoms with van der Waals surface area (Å²) in [6.45, 7) is 1.25. The van der Waals surface area contributed by atoms with Crippen molar-refractivity contribution >= 4 is 5.69 Å². The molecule has 2 nitrogen and oxygen atoms in total. The highest BCUT2D eigenvalue weighted by molar-refractivity contribution is 5.40. The van der Waals surface area contributed by atoms with Gasteiger partial charge in [0.25, 0.3) is 0 Å². The van der Waals surface area contributed by atoms with Crippen molar-refractivity contribution in [2.24, 2.45) is 0 Å². The van der Waals surface area contributed by atoms with Gasteiger partial charge in [0.15, 0.2) is 11.6 Å². The van der Waals surface area contributed by atoms with Crippen molar-refractivity contribution in [2.75, 3.05) is 12.8 Å². The molecule has 2 rings (SSSR count). The van der Waals surface area contributed by atoms with E-state index in [1.165, 1.54) is 6.07 Å². The Morgan fingerprint density at radius 2 is 1.63 bits per heavy atom. The Balaban J connectivity index is 2.01. The number of nitrogens with zero attached hydrogens (tertiary/aromatic N) is 1. The van der Waals surface area contributed by atoms with Crippen molar-refractivity contribution in [3.05, 3.63) is 65.2 Å². The minimum absolute atomic E-state index is 0.548. The molecule has 0 aliphatic heterocycles. The summed E-state index contributed by atoms with van der Waals surface area (Å²) in [5.74, 6) is -1.63. The number of hydrogen-bond acceptors (Lipinski definition) is 2. The maximum absolute atomic E-state index is 13.1. The number of hydrogen-bond donors (Lipinski definition) is 1. The largest absolute Gasteiger partial charge is 0.399 e. The third kappa shape index (κ3) is 3.76. The van der Waals surface area contributed by atoms with Crippen LogP contribution < -0.4 is 5.73 Å². The molecular weight excluding hydrogens is 246 g/mol. The Bertz CT molecular complexity index is 570. The van der Waals surface area contributed by atoms with Crippen LogP contribution in [0.3, 0.4) is 0 Å². The van der Waals surface area contributed by atoms with Crippen LogP contribution in [0.5, 0.6) is 0 Å². The molecule has 0 heterocycles. The SMILES string of the molecule is CN(Cc1cccc(N)c1)Cc1ccc(F)c(F)c1. The first-order valence-corrected chi connectivity index (χ1v) is 6.01. The van der Waals surface area contributed by atoms with E-state index in [4.69, 9.17) is 5.73 Å². The van der Waals surface area contributed by atoms with Crippen LogP contribution in [0, 0.1) is 11.6 Å². The molecule has 2 aromatic carbocycles. The van der Waals surface area contributed by atoms with Crippen LogP contribution in [0.15, 0.2) is 42.5 Å². The fourth-order valence-corrected chi connectivity index (χ4v) is 2.01. The first-order valence-electron chi connectivity index (χ1n) is 6.01. The lowest BCUT2D eigenvalue weighted by molar-refractivity contribution is 0.318. The van der Waals surface area contributed by atoms with Gasteiger partial charge in [0.05, 0.1) is 0 Å². The lowest BCUT2D eigenvalue weighted by Crippen LogP contribution is -2.17. The smallest absolute Gasteiger partial charge is 0.159 e. The number of nitrogen functional groups attached to an aromatic ring is 1. The number of anilines is 1. The Kier molecular flexibility index (Phi) is 4.12. The highest BCUT2D eigenvalue weighted by atomic mass is 19.2. The van der Waals surface area contributed by atoms with Crippen molar-refractivity contribution in [3.63, 3.8) is 0 Å². The molecule has 100 valence electrons. The van der Waals surface area contributed by atoms with E-state index in [1.54, 1.807) is 6.07 Å². The molecule has 2 aromatic rings. The zero-order valence-corrected chi connectivity index (χ0v) is 10.7. The molecule has 0 fully saturated rings. The lowest BCUT2D eigenvalue weighted by Gasteiger charge is -2.17. The summed E-state index contributed by atoms with van der Waals surface area (Å²) in [5, 5.41) is 0. The summed E-state index contributed by atoms with van der Waals surface area (Å²) < 4.78 is 25.9. The molecule has 0 aliphatic rings. The summed E-state index contributed by atoms with van der Waals surface area (Å²) in [6, 6.07) is 11.6. The summed E-state index contributed by atoms with van der Waals surface area (Å²) in [5.41, 5.74) is 8.26. The van der Waals surface area contributed by atoms with Crippen LogP contribution in [-0.4, -0.2) is 11.9 Å². The van der Waals surface area contributed by atoms with Crippen LogP contribution >= 0.6 is 0 Å². The van der Waals surface area contributed by atoms with E-state index in [9.17, 15) is 8.78 Å². The molecule has 0 radical (unpaired) electrons. The molecule has 0 spiro atoms. The van der Waals surface area contributed by atoms with Gasteiger partial charge in [0, 0.05) is 18.8 Å². The molecule has 19 heavy (non-hydrogen) atoms. The van der Waals surface area contributed by atoms with E-state index in [0.29, 0.717) is 13.1 Å². The van der Waals surface area contributed by atoms with Crippen molar-refractivity contribution in [1.82, 2.24) is 4.90 Å². The van der Waals surface area contributed by atoms with E-state index < -0.39 is 11.6 Å². The Hall–Kier alpha value is -1.94. The molecule has 0 atom stereocenters. The Morgan fingerprint density at radius 1 is 0.947 bits per heavy atom. The van der Waals surface area contributed by atoms with Gasteiger partial charge in [-0.25, -0.2) is 8.78 Å². The van der Waals surface area contributed by atoms with Crippen LogP contribution in [0.1, 0.15) is 11.1 Å². The standard InChI is InChI=1S/C15H16F2N2/c1-19(9-11-3-2-4-13(18)7-11)10-12-5-6-14(16)15(17)8-12/h2-8H,9-10,18H2,1H3. The van der Waals surface area contributed by atoms with Gasteiger partial charge in [-0.15, -0.1) is 0 Å². The lowest BCUT2D eigenvalue weighted by atomic mass is 10.1. The molecule has 2 N–H and O–H groups in total. The van der Waals surface area contributed by atoms with E-state index in [0.717, 1.165) is 22.9 Å². The van der Waals surface area contributed by atoms with Crippen molar-refractivity contribution in [2.45, 2.75) is 13.1 Å². The normalized spacial score (nSPS) is 10.9. The average molecular weight is 262 g/mol. The number of halogens is 2. The quantitative estimate of drug-likeness (QED) is 0.857.